The maximum Gasteiger partial charge on any atom is 0.331 e. The molecule has 1 aliphatic heterocycles. The summed E-state index contributed by atoms with van der Waals surface area (Å²) in [6, 6.07) is -0.303. The third kappa shape index (κ3) is 5.31. The smallest absolute Gasteiger partial charge is 0.331 e. The van der Waals surface area contributed by atoms with E-state index in [0.717, 1.165) is 6.42 Å². The molecule has 10 heteroatoms. The van der Waals surface area contributed by atoms with Gasteiger partial charge in [0.25, 0.3) is 5.91 Å². The Balaban J connectivity index is 2.00. The fourth-order valence-electron chi connectivity index (χ4n) is 2.58. The molecule has 0 spiro atoms. The molecule has 26 heavy (non-hydrogen) atoms. The van der Waals surface area contributed by atoms with Crippen molar-refractivity contribution in [1.82, 2.24) is 15.1 Å². The summed E-state index contributed by atoms with van der Waals surface area (Å²) in [5.74, 6) is -0.919. The number of nitrogens with one attached hydrogen (secondary N) is 1. The predicted octanol–water partition coefficient (Wildman–Crippen LogP) is 1.29. The Morgan fingerprint density at radius 3 is 2.81 bits per heavy atom. The van der Waals surface area contributed by atoms with Gasteiger partial charge in [-0.1, -0.05) is 18.5 Å². The van der Waals surface area contributed by atoms with Gasteiger partial charge < -0.3 is 10.1 Å². The number of halogens is 1. The molecule has 2 rings (SSSR count). The van der Waals surface area contributed by atoms with Crippen LogP contribution in [0.15, 0.2) is 6.08 Å². The lowest BCUT2D eigenvalue weighted by Crippen LogP contribution is -2.28. The Morgan fingerprint density at radius 2 is 2.19 bits per heavy atom. The number of nitrogens with zero attached hydrogens (tertiary/aromatic N) is 2. The van der Waals surface area contributed by atoms with Crippen LogP contribution in [0, 0.1) is 6.92 Å². The zero-order valence-electron chi connectivity index (χ0n) is 14.7. The highest BCUT2D eigenvalue weighted by Gasteiger charge is 2.31. The van der Waals surface area contributed by atoms with Crippen LogP contribution >= 0.6 is 11.6 Å². The first-order valence-electron chi connectivity index (χ1n) is 8.30. The van der Waals surface area contributed by atoms with E-state index in [4.69, 9.17) is 16.3 Å². The molecule has 0 bridgehead atoms. The number of hydrogen-bond acceptors (Lipinski definition) is 6. The summed E-state index contributed by atoms with van der Waals surface area (Å²) in [7, 11) is -3.06. The van der Waals surface area contributed by atoms with Crippen LogP contribution in [-0.2, 0) is 24.2 Å². The van der Waals surface area contributed by atoms with E-state index >= 15 is 0 Å². The monoisotopic (exact) mass is 403 g/mol. The standard InChI is InChI=1S/C16H22ClN3O5S/c1-3-7-18-14(21)9-25-15(22)5-4-13-11(2)19-20(16(13)17)12-6-8-26(23,24)10-12/h4-5,12H,3,6-10H2,1-2H3,(H,18,21)/b5-4+/t12-/m0/s1. The van der Waals surface area contributed by atoms with Gasteiger partial charge in [0.2, 0.25) is 0 Å². The van der Waals surface area contributed by atoms with E-state index in [1.54, 1.807) is 6.92 Å². The average Bonchev–Trinajstić information content (AvgIpc) is 3.08. The molecular formula is C16H22ClN3O5S. The molecule has 0 aliphatic carbocycles. The zero-order valence-corrected chi connectivity index (χ0v) is 16.3. The topological polar surface area (TPSA) is 107 Å². The highest BCUT2D eigenvalue weighted by molar-refractivity contribution is 7.91. The van der Waals surface area contributed by atoms with Gasteiger partial charge in [-0.2, -0.15) is 5.10 Å². The molecule has 0 unspecified atom stereocenters. The van der Waals surface area contributed by atoms with Gasteiger partial charge in [-0.05, 0) is 25.8 Å². The third-order valence-electron chi connectivity index (χ3n) is 3.93. The van der Waals surface area contributed by atoms with Crippen LogP contribution in [0.5, 0.6) is 0 Å². The molecule has 1 atom stereocenters. The van der Waals surface area contributed by atoms with Crippen LogP contribution in [0.3, 0.4) is 0 Å². The summed E-state index contributed by atoms with van der Waals surface area (Å²) in [6.07, 6.45) is 3.88. The van der Waals surface area contributed by atoms with Crippen molar-refractivity contribution in [2.45, 2.75) is 32.7 Å². The number of rotatable bonds is 7. The summed E-state index contributed by atoms with van der Waals surface area (Å²) in [4.78, 5) is 23.1. The highest BCUT2D eigenvalue weighted by atomic mass is 35.5. The Morgan fingerprint density at radius 1 is 1.46 bits per heavy atom. The van der Waals surface area contributed by atoms with Crippen molar-refractivity contribution in [2.24, 2.45) is 0 Å². The Hall–Kier alpha value is -1.87. The number of aryl methyl sites for hydroxylation is 1. The molecule has 1 fully saturated rings. The van der Waals surface area contributed by atoms with E-state index in [1.807, 2.05) is 6.92 Å². The first-order chi connectivity index (χ1) is 12.2. The SMILES string of the molecule is CCCNC(=O)COC(=O)/C=C/c1c(C)nn([C@H]2CCS(=O)(=O)C2)c1Cl. The number of hydrogen-bond donors (Lipinski definition) is 1. The minimum absolute atomic E-state index is 0.00586. The molecule has 144 valence electrons. The van der Waals surface area contributed by atoms with Crippen LogP contribution in [0.1, 0.15) is 37.1 Å². The van der Waals surface area contributed by atoms with Crippen molar-refractivity contribution in [2.75, 3.05) is 24.7 Å². The van der Waals surface area contributed by atoms with Gasteiger partial charge in [0, 0.05) is 18.2 Å². The maximum atomic E-state index is 11.7. The molecule has 0 radical (unpaired) electrons. The van der Waals surface area contributed by atoms with Crippen molar-refractivity contribution >= 4 is 39.4 Å². The average molecular weight is 404 g/mol. The lowest BCUT2D eigenvalue weighted by molar-refractivity contribution is -0.143. The quantitative estimate of drug-likeness (QED) is 0.543. The van der Waals surface area contributed by atoms with Gasteiger partial charge in [-0.15, -0.1) is 0 Å². The van der Waals surface area contributed by atoms with Gasteiger partial charge >= 0.3 is 5.97 Å². The lowest BCUT2D eigenvalue weighted by Gasteiger charge is -2.09. The summed E-state index contributed by atoms with van der Waals surface area (Å²) in [5.41, 5.74) is 1.09. The number of sulfone groups is 1. The van der Waals surface area contributed by atoms with Gasteiger partial charge in [0.15, 0.2) is 16.4 Å². The molecule has 0 aromatic carbocycles. The summed E-state index contributed by atoms with van der Waals surface area (Å²) >= 11 is 6.31. The molecule has 1 aromatic heterocycles. The number of ether oxygens (including phenoxy) is 1. The molecule has 1 aliphatic rings. The van der Waals surface area contributed by atoms with Crippen molar-refractivity contribution in [3.63, 3.8) is 0 Å². The first-order valence-corrected chi connectivity index (χ1v) is 10.5. The van der Waals surface area contributed by atoms with E-state index in [0.29, 0.717) is 24.2 Å². The third-order valence-corrected chi connectivity index (χ3v) is 6.06. The minimum Gasteiger partial charge on any atom is -0.452 e. The maximum absolute atomic E-state index is 11.7. The number of carbonyl (C=O) groups is 2. The summed E-state index contributed by atoms with van der Waals surface area (Å²) in [5, 5.41) is 7.17. The van der Waals surface area contributed by atoms with Gasteiger partial charge in [0.1, 0.15) is 5.15 Å². The van der Waals surface area contributed by atoms with Crippen LogP contribution in [0.4, 0.5) is 0 Å². The van der Waals surface area contributed by atoms with Crippen molar-refractivity contribution in [3.05, 3.63) is 22.5 Å². The van der Waals surface area contributed by atoms with Crippen LogP contribution in [0.25, 0.3) is 6.08 Å². The highest BCUT2D eigenvalue weighted by Crippen LogP contribution is 2.30. The van der Waals surface area contributed by atoms with Gasteiger partial charge in [0.05, 0.1) is 23.2 Å². The van der Waals surface area contributed by atoms with E-state index in [1.165, 1.54) is 16.8 Å². The Labute approximate surface area is 157 Å². The molecule has 1 saturated heterocycles. The largest absolute Gasteiger partial charge is 0.452 e. The molecule has 8 nitrogen and oxygen atoms in total. The summed E-state index contributed by atoms with van der Waals surface area (Å²) < 4.78 is 29.6. The molecular weight excluding hydrogens is 382 g/mol. The number of carbonyl (C=O) groups excluding carboxylic acids is 2. The molecule has 0 saturated carbocycles. The van der Waals surface area contributed by atoms with E-state index in [9.17, 15) is 18.0 Å². The van der Waals surface area contributed by atoms with Crippen LogP contribution < -0.4 is 5.32 Å². The molecule has 1 N–H and O–H groups in total. The molecule has 2 heterocycles. The summed E-state index contributed by atoms with van der Waals surface area (Å²) in [6.45, 7) is 3.81. The Kier molecular flexibility index (Phi) is 6.82. The first kappa shape index (κ1) is 20.4. The zero-order chi connectivity index (χ0) is 19.3. The Bertz CT molecular complexity index is 816. The number of aromatic nitrogens is 2. The number of esters is 1. The molecule has 1 aromatic rings. The van der Waals surface area contributed by atoms with Crippen LogP contribution in [-0.4, -0.2) is 54.7 Å². The molecule has 1 amide bonds. The number of amides is 1. The van der Waals surface area contributed by atoms with Crippen molar-refractivity contribution in [1.29, 1.82) is 0 Å². The van der Waals surface area contributed by atoms with Crippen LogP contribution in [0.2, 0.25) is 5.15 Å². The minimum atomic E-state index is -3.06. The van der Waals surface area contributed by atoms with Gasteiger partial charge in [-0.25, -0.2) is 17.9 Å². The van der Waals surface area contributed by atoms with E-state index < -0.39 is 15.8 Å². The fraction of sp³-hybridized carbons (Fsp3) is 0.562. The lowest BCUT2D eigenvalue weighted by atomic mass is 10.2. The predicted molar refractivity (Wildman–Crippen MR) is 97.6 cm³/mol. The normalized spacial score (nSPS) is 19.0. The van der Waals surface area contributed by atoms with Crippen molar-refractivity contribution in [3.8, 4) is 0 Å². The van der Waals surface area contributed by atoms with E-state index in [2.05, 4.69) is 10.4 Å². The van der Waals surface area contributed by atoms with E-state index in [-0.39, 0.29) is 35.2 Å². The fourth-order valence-corrected chi connectivity index (χ4v) is 4.65. The second-order valence-electron chi connectivity index (χ2n) is 6.08. The van der Waals surface area contributed by atoms with Crippen molar-refractivity contribution < 1.29 is 22.7 Å². The van der Waals surface area contributed by atoms with Gasteiger partial charge in [-0.3, -0.25) is 4.79 Å². The second kappa shape index (κ2) is 8.68. The second-order valence-corrected chi connectivity index (χ2v) is 8.67.